The summed E-state index contributed by atoms with van der Waals surface area (Å²) in [5.41, 5.74) is 0. The average Bonchev–Trinajstić information content (AvgIpc) is 2.39. The van der Waals surface area contributed by atoms with Gasteiger partial charge in [-0.15, -0.1) is 0 Å². The van der Waals surface area contributed by atoms with Crippen molar-refractivity contribution in [3.05, 3.63) is 0 Å². The van der Waals surface area contributed by atoms with E-state index in [4.69, 9.17) is 4.74 Å². The third-order valence-corrected chi connectivity index (χ3v) is 4.55. The van der Waals surface area contributed by atoms with Gasteiger partial charge in [-0.05, 0) is 31.6 Å². The van der Waals surface area contributed by atoms with Gasteiger partial charge in [0.15, 0.2) is 0 Å². The van der Waals surface area contributed by atoms with Crippen LogP contribution in [0.1, 0.15) is 32.6 Å². The van der Waals surface area contributed by atoms with Gasteiger partial charge in [0.2, 0.25) is 5.91 Å². The zero-order valence-electron chi connectivity index (χ0n) is 10.6. The molecule has 1 atom stereocenters. The van der Waals surface area contributed by atoms with Crippen LogP contribution >= 0.6 is 12.6 Å². The number of carbonyl (C=O) groups excluding carboxylic acids is 1. The number of nitrogens with zero attached hydrogens (tertiary/aromatic N) is 1. The fourth-order valence-corrected chi connectivity index (χ4v) is 3.19. The van der Waals surface area contributed by atoms with Gasteiger partial charge in [-0.1, -0.05) is 6.92 Å². The van der Waals surface area contributed by atoms with Crippen molar-refractivity contribution < 1.29 is 9.53 Å². The van der Waals surface area contributed by atoms with Gasteiger partial charge in [0.25, 0.3) is 0 Å². The van der Waals surface area contributed by atoms with Crippen molar-refractivity contribution in [3.8, 4) is 0 Å². The van der Waals surface area contributed by atoms with Crippen molar-refractivity contribution in [2.45, 2.75) is 37.9 Å². The summed E-state index contributed by atoms with van der Waals surface area (Å²) in [5, 5.41) is 0.467. The van der Waals surface area contributed by atoms with E-state index in [0.717, 1.165) is 38.8 Å². The number of carbonyl (C=O) groups is 1. The van der Waals surface area contributed by atoms with Gasteiger partial charge >= 0.3 is 0 Å². The van der Waals surface area contributed by atoms with Gasteiger partial charge in [0, 0.05) is 24.3 Å². The maximum atomic E-state index is 12.3. The van der Waals surface area contributed by atoms with E-state index in [-0.39, 0.29) is 5.92 Å². The lowest BCUT2D eigenvalue weighted by Gasteiger charge is -2.34. The van der Waals surface area contributed by atoms with Crippen LogP contribution < -0.4 is 0 Å². The molecule has 1 aliphatic heterocycles. The first-order chi connectivity index (χ1) is 8.18. The summed E-state index contributed by atoms with van der Waals surface area (Å²) in [4.78, 5) is 14.3. The van der Waals surface area contributed by atoms with Crippen molar-refractivity contribution in [2.75, 3.05) is 26.3 Å². The van der Waals surface area contributed by atoms with Crippen molar-refractivity contribution in [1.82, 2.24) is 4.90 Å². The first-order valence-corrected chi connectivity index (χ1v) is 7.24. The van der Waals surface area contributed by atoms with Crippen LogP contribution in [0.3, 0.4) is 0 Å². The fourth-order valence-electron chi connectivity index (χ4n) is 2.89. The second-order valence-corrected chi connectivity index (χ2v) is 6.10. The smallest absolute Gasteiger partial charge is 0.225 e. The van der Waals surface area contributed by atoms with Gasteiger partial charge in [0.05, 0.1) is 13.2 Å². The third kappa shape index (κ3) is 3.38. The first kappa shape index (κ1) is 13.2. The Kier molecular flexibility index (Phi) is 4.74. The molecule has 1 heterocycles. The van der Waals surface area contributed by atoms with Crippen LogP contribution in [0.2, 0.25) is 0 Å². The predicted octanol–water partition coefficient (Wildman–Crippen LogP) is 1.97. The van der Waals surface area contributed by atoms with Crippen LogP contribution in [-0.2, 0) is 9.53 Å². The Balaban J connectivity index is 1.81. The van der Waals surface area contributed by atoms with Gasteiger partial charge in [-0.25, -0.2) is 0 Å². The summed E-state index contributed by atoms with van der Waals surface area (Å²) in [6, 6.07) is 0. The molecule has 0 N–H and O–H groups in total. The maximum Gasteiger partial charge on any atom is 0.225 e. The van der Waals surface area contributed by atoms with Gasteiger partial charge in [-0.2, -0.15) is 12.6 Å². The van der Waals surface area contributed by atoms with Crippen LogP contribution in [0.5, 0.6) is 0 Å². The number of morpholine rings is 1. The quantitative estimate of drug-likeness (QED) is 0.766. The van der Waals surface area contributed by atoms with Crippen LogP contribution in [0.15, 0.2) is 0 Å². The Hall–Kier alpha value is -0.220. The molecule has 4 heteroatoms. The van der Waals surface area contributed by atoms with Gasteiger partial charge in [-0.3, -0.25) is 4.79 Å². The van der Waals surface area contributed by atoms with E-state index in [1.165, 1.54) is 0 Å². The molecule has 17 heavy (non-hydrogen) atoms. The monoisotopic (exact) mass is 257 g/mol. The van der Waals surface area contributed by atoms with E-state index in [1.807, 2.05) is 4.90 Å². The van der Waals surface area contributed by atoms with Crippen molar-refractivity contribution in [1.29, 1.82) is 0 Å². The Labute approximate surface area is 109 Å². The molecular weight excluding hydrogens is 234 g/mol. The maximum absolute atomic E-state index is 12.3. The molecule has 2 aliphatic rings. The molecule has 1 amide bonds. The highest BCUT2D eigenvalue weighted by molar-refractivity contribution is 7.80. The minimum atomic E-state index is 0.261. The van der Waals surface area contributed by atoms with E-state index < -0.39 is 0 Å². The molecule has 0 radical (unpaired) electrons. The van der Waals surface area contributed by atoms with E-state index in [0.29, 0.717) is 30.3 Å². The zero-order valence-corrected chi connectivity index (χ0v) is 11.5. The molecule has 2 rings (SSSR count). The molecule has 1 unspecified atom stereocenters. The average molecular weight is 257 g/mol. The van der Waals surface area contributed by atoms with Crippen molar-refractivity contribution in [2.24, 2.45) is 11.8 Å². The molecule has 2 fully saturated rings. The lowest BCUT2D eigenvalue weighted by atomic mass is 9.80. The highest BCUT2D eigenvalue weighted by Gasteiger charge is 2.31. The molecule has 98 valence electrons. The van der Waals surface area contributed by atoms with Crippen LogP contribution in [0, 0.1) is 11.8 Å². The SMILES string of the molecule is CC(S)C1CCC(C(=O)N2CCOCC2)CC1. The molecule has 1 saturated heterocycles. The summed E-state index contributed by atoms with van der Waals surface area (Å²) in [6.07, 6.45) is 4.41. The normalized spacial score (nSPS) is 32.2. The number of amides is 1. The summed E-state index contributed by atoms with van der Waals surface area (Å²) < 4.78 is 5.28. The minimum Gasteiger partial charge on any atom is -0.378 e. The highest BCUT2D eigenvalue weighted by atomic mass is 32.1. The summed E-state index contributed by atoms with van der Waals surface area (Å²) in [7, 11) is 0. The lowest BCUT2D eigenvalue weighted by molar-refractivity contribution is -0.140. The molecular formula is C13H23NO2S. The largest absolute Gasteiger partial charge is 0.378 e. The number of ether oxygens (including phenoxy) is 1. The van der Waals surface area contributed by atoms with Crippen molar-refractivity contribution >= 4 is 18.5 Å². The Morgan fingerprint density at radius 2 is 1.82 bits per heavy atom. The van der Waals surface area contributed by atoms with Crippen LogP contribution in [-0.4, -0.2) is 42.4 Å². The number of hydrogen-bond acceptors (Lipinski definition) is 3. The molecule has 1 aliphatic carbocycles. The molecule has 0 aromatic carbocycles. The summed E-state index contributed by atoms with van der Waals surface area (Å²) in [5.74, 6) is 1.32. The highest BCUT2D eigenvalue weighted by Crippen LogP contribution is 2.33. The molecule has 0 bridgehead atoms. The second-order valence-electron chi connectivity index (χ2n) is 5.29. The van der Waals surface area contributed by atoms with E-state index in [2.05, 4.69) is 19.6 Å². The molecule has 0 aromatic heterocycles. The molecule has 0 aromatic rings. The van der Waals surface area contributed by atoms with Crippen molar-refractivity contribution in [3.63, 3.8) is 0 Å². The van der Waals surface area contributed by atoms with Gasteiger partial charge in [0.1, 0.15) is 0 Å². The van der Waals surface area contributed by atoms with Crippen LogP contribution in [0.4, 0.5) is 0 Å². The number of rotatable bonds is 2. The second kappa shape index (κ2) is 6.10. The first-order valence-electron chi connectivity index (χ1n) is 6.73. The molecule has 1 saturated carbocycles. The summed E-state index contributed by atoms with van der Waals surface area (Å²) in [6.45, 7) is 5.13. The van der Waals surface area contributed by atoms with E-state index in [9.17, 15) is 4.79 Å². The van der Waals surface area contributed by atoms with Crippen LogP contribution in [0.25, 0.3) is 0 Å². The third-order valence-electron chi connectivity index (χ3n) is 4.13. The predicted molar refractivity (Wildman–Crippen MR) is 71.3 cm³/mol. The lowest BCUT2D eigenvalue weighted by Crippen LogP contribution is -2.44. The Morgan fingerprint density at radius 3 is 2.35 bits per heavy atom. The topological polar surface area (TPSA) is 29.5 Å². The Morgan fingerprint density at radius 1 is 1.24 bits per heavy atom. The van der Waals surface area contributed by atoms with E-state index in [1.54, 1.807) is 0 Å². The fraction of sp³-hybridized carbons (Fsp3) is 0.923. The minimum absolute atomic E-state index is 0.261. The van der Waals surface area contributed by atoms with E-state index >= 15 is 0 Å². The molecule has 3 nitrogen and oxygen atoms in total. The summed E-state index contributed by atoms with van der Waals surface area (Å²) >= 11 is 4.51. The molecule has 0 spiro atoms. The Bertz CT molecular complexity index is 256. The number of thiol groups is 1. The number of hydrogen-bond donors (Lipinski definition) is 1. The van der Waals surface area contributed by atoms with Gasteiger partial charge < -0.3 is 9.64 Å². The standard InChI is InChI=1S/C13H23NO2S/c1-10(17)11-2-4-12(5-3-11)13(15)14-6-8-16-9-7-14/h10-12,17H,2-9H2,1H3. The zero-order chi connectivity index (χ0) is 12.3.